The lowest BCUT2D eigenvalue weighted by atomic mass is 10.3. The summed E-state index contributed by atoms with van der Waals surface area (Å²) in [5, 5.41) is 25.9. The SMILES string of the molecule is N#CCn1nnc(C#N)c1COc1ccc(Cl)cc1Cl. The molecule has 1 aromatic heterocycles. The van der Waals surface area contributed by atoms with Gasteiger partial charge in [-0.1, -0.05) is 28.4 Å². The molecule has 0 fully saturated rings. The Hall–Kier alpha value is -2.28. The molecule has 0 saturated heterocycles. The van der Waals surface area contributed by atoms with Gasteiger partial charge in [0.25, 0.3) is 0 Å². The predicted octanol–water partition coefficient (Wildman–Crippen LogP) is 2.56. The van der Waals surface area contributed by atoms with Crippen LogP contribution in [0.1, 0.15) is 11.4 Å². The summed E-state index contributed by atoms with van der Waals surface area (Å²) in [6.45, 7) is 0.0145. The number of benzene rings is 1. The summed E-state index contributed by atoms with van der Waals surface area (Å²) >= 11 is 11.8. The molecule has 0 bridgehead atoms. The molecule has 0 unspecified atom stereocenters. The van der Waals surface area contributed by atoms with E-state index < -0.39 is 0 Å². The molecule has 6 nitrogen and oxygen atoms in total. The number of rotatable bonds is 4. The Labute approximate surface area is 124 Å². The van der Waals surface area contributed by atoms with Crippen LogP contribution in [-0.4, -0.2) is 15.0 Å². The van der Waals surface area contributed by atoms with E-state index in [0.717, 1.165) is 0 Å². The van der Waals surface area contributed by atoms with E-state index >= 15 is 0 Å². The van der Waals surface area contributed by atoms with Crippen LogP contribution < -0.4 is 4.74 Å². The van der Waals surface area contributed by atoms with Crippen molar-refractivity contribution >= 4 is 23.2 Å². The van der Waals surface area contributed by atoms with Crippen molar-refractivity contribution in [3.63, 3.8) is 0 Å². The summed E-state index contributed by atoms with van der Waals surface area (Å²) in [6.07, 6.45) is 0. The van der Waals surface area contributed by atoms with Crippen LogP contribution >= 0.6 is 23.2 Å². The van der Waals surface area contributed by atoms with Crippen molar-refractivity contribution in [1.82, 2.24) is 15.0 Å². The summed E-state index contributed by atoms with van der Waals surface area (Å²) in [4.78, 5) is 0. The second-order valence-electron chi connectivity index (χ2n) is 3.68. The highest BCUT2D eigenvalue weighted by Crippen LogP contribution is 2.28. The smallest absolute Gasteiger partial charge is 0.189 e. The van der Waals surface area contributed by atoms with Crippen LogP contribution in [0.25, 0.3) is 0 Å². The molecule has 0 aliphatic heterocycles. The zero-order valence-electron chi connectivity index (χ0n) is 10.0. The van der Waals surface area contributed by atoms with Gasteiger partial charge < -0.3 is 4.74 Å². The van der Waals surface area contributed by atoms with Crippen LogP contribution in [-0.2, 0) is 13.2 Å². The molecule has 0 amide bonds. The van der Waals surface area contributed by atoms with Crippen molar-refractivity contribution < 1.29 is 4.74 Å². The van der Waals surface area contributed by atoms with Gasteiger partial charge in [-0.25, -0.2) is 4.68 Å². The molecule has 100 valence electrons. The van der Waals surface area contributed by atoms with Gasteiger partial charge in [-0.2, -0.15) is 10.5 Å². The Morgan fingerprint density at radius 1 is 1.30 bits per heavy atom. The third-order valence-corrected chi connectivity index (χ3v) is 2.95. The predicted molar refractivity (Wildman–Crippen MR) is 71.1 cm³/mol. The van der Waals surface area contributed by atoms with Crippen LogP contribution in [0.3, 0.4) is 0 Å². The number of hydrogen-bond acceptors (Lipinski definition) is 5. The molecule has 0 atom stereocenters. The first kappa shape index (κ1) is 14.1. The van der Waals surface area contributed by atoms with Crippen molar-refractivity contribution in [2.75, 3.05) is 0 Å². The van der Waals surface area contributed by atoms with Crippen molar-refractivity contribution in [2.45, 2.75) is 13.2 Å². The van der Waals surface area contributed by atoms with Crippen LogP contribution in [0, 0.1) is 22.7 Å². The van der Waals surface area contributed by atoms with E-state index in [2.05, 4.69) is 10.3 Å². The first-order valence-corrected chi connectivity index (χ1v) is 6.18. The molecule has 8 heteroatoms. The molecule has 0 saturated carbocycles. The van der Waals surface area contributed by atoms with Crippen molar-refractivity contribution in [3.8, 4) is 17.9 Å². The van der Waals surface area contributed by atoms with Crippen molar-refractivity contribution in [3.05, 3.63) is 39.6 Å². The van der Waals surface area contributed by atoms with Gasteiger partial charge in [-0.15, -0.1) is 5.10 Å². The van der Waals surface area contributed by atoms with E-state index in [0.29, 0.717) is 21.5 Å². The molecule has 0 radical (unpaired) electrons. The largest absolute Gasteiger partial charge is 0.486 e. The zero-order valence-corrected chi connectivity index (χ0v) is 11.6. The summed E-state index contributed by atoms with van der Waals surface area (Å²) in [7, 11) is 0. The van der Waals surface area contributed by atoms with E-state index in [-0.39, 0.29) is 18.8 Å². The molecular formula is C12H7Cl2N5O. The van der Waals surface area contributed by atoms with E-state index in [1.54, 1.807) is 18.2 Å². The van der Waals surface area contributed by atoms with Crippen LogP contribution in [0.15, 0.2) is 18.2 Å². The summed E-state index contributed by atoms with van der Waals surface area (Å²) in [5.74, 6) is 0.421. The molecule has 0 aliphatic carbocycles. The maximum Gasteiger partial charge on any atom is 0.189 e. The Balaban J connectivity index is 2.20. The number of nitrogens with zero attached hydrogens (tertiary/aromatic N) is 5. The fraction of sp³-hybridized carbons (Fsp3) is 0.167. The highest BCUT2D eigenvalue weighted by Gasteiger charge is 2.14. The van der Waals surface area contributed by atoms with Gasteiger partial charge in [0.05, 0.1) is 11.1 Å². The summed E-state index contributed by atoms with van der Waals surface area (Å²) in [6, 6.07) is 8.64. The van der Waals surface area contributed by atoms with Gasteiger partial charge in [0.1, 0.15) is 30.7 Å². The van der Waals surface area contributed by atoms with Crippen LogP contribution in [0.5, 0.6) is 5.75 Å². The normalized spacial score (nSPS) is 9.80. The third-order valence-electron chi connectivity index (χ3n) is 2.42. The molecule has 2 rings (SSSR count). The monoisotopic (exact) mass is 307 g/mol. The maximum atomic E-state index is 8.94. The number of hydrogen-bond donors (Lipinski definition) is 0. The standard InChI is InChI=1S/C12H7Cl2N5O/c13-8-1-2-12(9(14)5-8)20-7-11-10(6-16)17-18-19(11)4-3-15/h1-2,5H,4,7H2. The third kappa shape index (κ3) is 3.00. The highest BCUT2D eigenvalue weighted by molar-refractivity contribution is 6.35. The van der Waals surface area contributed by atoms with E-state index in [4.69, 9.17) is 38.5 Å². The van der Waals surface area contributed by atoms with Crippen molar-refractivity contribution in [1.29, 1.82) is 10.5 Å². The number of aromatic nitrogens is 3. The van der Waals surface area contributed by atoms with Gasteiger partial charge >= 0.3 is 0 Å². The number of nitriles is 2. The Bertz CT molecular complexity index is 714. The molecule has 0 spiro atoms. The first-order valence-electron chi connectivity index (χ1n) is 5.43. The van der Waals surface area contributed by atoms with Gasteiger partial charge in [0.2, 0.25) is 0 Å². The van der Waals surface area contributed by atoms with Crippen molar-refractivity contribution in [2.24, 2.45) is 0 Å². The zero-order chi connectivity index (χ0) is 14.5. The van der Waals surface area contributed by atoms with Crippen LogP contribution in [0.4, 0.5) is 0 Å². The molecule has 0 N–H and O–H groups in total. The average Bonchev–Trinajstić information content (AvgIpc) is 2.80. The number of halogens is 2. The van der Waals surface area contributed by atoms with Gasteiger partial charge in [0.15, 0.2) is 5.69 Å². The summed E-state index contributed by atoms with van der Waals surface area (Å²) < 4.78 is 6.82. The fourth-order valence-corrected chi connectivity index (χ4v) is 1.96. The van der Waals surface area contributed by atoms with E-state index in [9.17, 15) is 0 Å². The van der Waals surface area contributed by atoms with Gasteiger partial charge in [0, 0.05) is 5.02 Å². The molecule has 0 aliphatic rings. The quantitative estimate of drug-likeness (QED) is 0.866. The first-order chi connectivity index (χ1) is 9.65. The lowest BCUT2D eigenvalue weighted by molar-refractivity contribution is 0.293. The molecule has 1 aromatic carbocycles. The fourth-order valence-electron chi connectivity index (χ4n) is 1.49. The Morgan fingerprint density at radius 3 is 2.75 bits per heavy atom. The van der Waals surface area contributed by atoms with Gasteiger partial charge in [-0.05, 0) is 18.2 Å². The average molecular weight is 308 g/mol. The number of ether oxygens (including phenoxy) is 1. The highest BCUT2D eigenvalue weighted by atomic mass is 35.5. The molecular weight excluding hydrogens is 301 g/mol. The minimum Gasteiger partial charge on any atom is -0.486 e. The topological polar surface area (TPSA) is 87.5 Å². The molecule has 1 heterocycles. The second kappa shape index (κ2) is 6.25. The second-order valence-corrected chi connectivity index (χ2v) is 4.52. The minimum absolute atomic E-state index is 0.0122. The molecule has 2 aromatic rings. The lowest BCUT2D eigenvalue weighted by Gasteiger charge is -2.08. The molecule has 20 heavy (non-hydrogen) atoms. The van der Waals surface area contributed by atoms with E-state index in [1.165, 1.54) is 4.68 Å². The maximum absolute atomic E-state index is 8.94. The van der Waals surface area contributed by atoms with Crippen LogP contribution in [0.2, 0.25) is 10.0 Å². The lowest BCUT2D eigenvalue weighted by Crippen LogP contribution is -2.08. The van der Waals surface area contributed by atoms with E-state index in [1.807, 2.05) is 12.1 Å². The summed E-state index contributed by atoms with van der Waals surface area (Å²) in [5.41, 5.74) is 0.533. The Kier molecular flexibility index (Phi) is 4.41. The Morgan fingerprint density at radius 2 is 2.10 bits per heavy atom. The minimum atomic E-state index is -0.0122. The van der Waals surface area contributed by atoms with Gasteiger partial charge in [-0.3, -0.25) is 0 Å².